The zero-order chi connectivity index (χ0) is 12.8. The Kier molecular flexibility index (Phi) is 4.70. The van der Waals surface area contributed by atoms with Crippen LogP contribution in [-0.2, 0) is 11.3 Å². The van der Waals surface area contributed by atoms with Gasteiger partial charge >= 0.3 is 0 Å². The summed E-state index contributed by atoms with van der Waals surface area (Å²) in [5, 5.41) is 4.08. The monoisotopic (exact) mass is 247 g/mol. The molecule has 98 valence electrons. The average Bonchev–Trinajstić information content (AvgIpc) is 2.85. The molecule has 2 rings (SSSR count). The third-order valence-electron chi connectivity index (χ3n) is 3.19. The van der Waals surface area contributed by atoms with E-state index in [1.807, 2.05) is 18.3 Å². The first-order valence-corrected chi connectivity index (χ1v) is 6.58. The van der Waals surface area contributed by atoms with Crippen molar-refractivity contribution < 1.29 is 4.84 Å². The molecule has 0 aromatic carbocycles. The minimum Gasteiger partial charge on any atom is -0.391 e. The highest BCUT2D eigenvalue weighted by molar-refractivity contribution is 5.85. The quantitative estimate of drug-likeness (QED) is 0.772. The molecule has 0 amide bonds. The zero-order valence-electron chi connectivity index (χ0n) is 11.2. The second kappa shape index (κ2) is 6.50. The van der Waals surface area contributed by atoms with Crippen molar-refractivity contribution in [2.24, 2.45) is 5.16 Å². The first-order valence-electron chi connectivity index (χ1n) is 6.58. The summed E-state index contributed by atoms with van der Waals surface area (Å²) < 4.78 is 0. The highest BCUT2D eigenvalue weighted by Gasteiger charge is 2.20. The lowest BCUT2D eigenvalue weighted by atomic mass is 10.1. The van der Waals surface area contributed by atoms with E-state index >= 15 is 0 Å². The Morgan fingerprint density at radius 1 is 1.44 bits per heavy atom. The number of likely N-dealkylation sites (N-methyl/N-ethyl adjacent to an activating group) is 1. The maximum absolute atomic E-state index is 5.41. The Morgan fingerprint density at radius 3 is 3.00 bits per heavy atom. The van der Waals surface area contributed by atoms with Gasteiger partial charge in [0.15, 0.2) is 0 Å². The Morgan fingerprint density at radius 2 is 2.33 bits per heavy atom. The topological polar surface area (TPSA) is 37.7 Å². The molecule has 0 fully saturated rings. The lowest BCUT2D eigenvalue weighted by molar-refractivity contribution is 0.0596. The summed E-state index contributed by atoms with van der Waals surface area (Å²) in [5.41, 5.74) is 2.32. The lowest BCUT2D eigenvalue weighted by Gasteiger charge is -2.19. The van der Waals surface area contributed by atoms with Gasteiger partial charge in [0.25, 0.3) is 0 Å². The highest BCUT2D eigenvalue weighted by Crippen LogP contribution is 2.13. The molecule has 1 aromatic heterocycles. The molecule has 0 saturated carbocycles. The van der Waals surface area contributed by atoms with Crippen LogP contribution in [0.3, 0.4) is 0 Å². The number of pyridine rings is 1. The van der Waals surface area contributed by atoms with E-state index in [4.69, 9.17) is 4.84 Å². The van der Waals surface area contributed by atoms with Crippen molar-refractivity contribution in [3.05, 3.63) is 30.1 Å². The molecule has 1 aliphatic rings. The summed E-state index contributed by atoms with van der Waals surface area (Å²) in [4.78, 5) is 12.0. The second-order valence-corrected chi connectivity index (χ2v) is 4.78. The van der Waals surface area contributed by atoms with Crippen molar-refractivity contribution in [2.45, 2.75) is 32.3 Å². The number of nitrogens with zero attached hydrogens (tertiary/aromatic N) is 3. The van der Waals surface area contributed by atoms with E-state index in [1.165, 1.54) is 5.71 Å². The summed E-state index contributed by atoms with van der Waals surface area (Å²) >= 11 is 0. The van der Waals surface area contributed by atoms with Crippen LogP contribution in [0.15, 0.2) is 29.6 Å². The third-order valence-corrected chi connectivity index (χ3v) is 3.19. The van der Waals surface area contributed by atoms with Crippen LogP contribution in [0.1, 0.15) is 25.5 Å². The van der Waals surface area contributed by atoms with Crippen LogP contribution in [0, 0.1) is 0 Å². The molecule has 0 unspecified atom stereocenters. The Balaban J connectivity index is 1.69. The molecule has 0 bridgehead atoms. The molecule has 0 spiro atoms. The van der Waals surface area contributed by atoms with E-state index in [0.717, 1.165) is 38.0 Å². The molecule has 0 N–H and O–H groups in total. The standard InChI is InChI=1S/C14H21N3O/c1-3-12-10-14(18-16-12)11-17(2)9-7-13-6-4-5-8-15-13/h4-6,8,14H,3,7,9-11H2,1-2H3/t14-/m1/s1. The molecule has 4 nitrogen and oxygen atoms in total. The molecule has 18 heavy (non-hydrogen) atoms. The summed E-state index contributed by atoms with van der Waals surface area (Å²) in [6, 6.07) is 6.05. The van der Waals surface area contributed by atoms with Gasteiger partial charge in [0.05, 0.1) is 5.71 Å². The highest BCUT2D eigenvalue weighted by atomic mass is 16.6. The maximum atomic E-state index is 5.41. The molecule has 1 aromatic rings. The minimum atomic E-state index is 0.230. The van der Waals surface area contributed by atoms with E-state index in [1.54, 1.807) is 0 Å². The van der Waals surface area contributed by atoms with Gasteiger partial charge in [0.2, 0.25) is 0 Å². The number of aromatic nitrogens is 1. The van der Waals surface area contributed by atoms with Gasteiger partial charge in [-0.1, -0.05) is 18.1 Å². The first kappa shape index (κ1) is 13.0. The van der Waals surface area contributed by atoms with Crippen molar-refractivity contribution in [1.82, 2.24) is 9.88 Å². The summed E-state index contributed by atoms with van der Waals surface area (Å²) in [7, 11) is 2.12. The summed E-state index contributed by atoms with van der Waals surface area (Å²) in [6.45, 7) is 4.05. The molecule has 1 aliphatic heterocycles. The van der Waals surface area contributed by atoms with Gasteiger partial charge in [-0.15, -0.1) is 0 Å². The molecule has 4 heteroatoms. The number of oxime groups is 1. The van der Waals surface area contributed by atoms with Crippen LogP contribution >= 0.6 is 0 Å². The van der Waals surface area contributed by atoms with Gasteiger partial charge in [-0.2, -0.15) is 0 Å². The van der Waals surface area contributed by atoms with E-state index in [-0.39, 0.29) is 6.10 Å². The minimum absolute atomic E-state index is 0.230. The fraction of sp³-hybridized carbons (Fsp3) is 0.571. The van der Waals surface area contributed by atoms with Crippen molar-refractivity contribution in [3.63, 3.8) is 0 Å². The fourth-order valence-corrected chi connectivity index (χ4v) is 2.08. The van der Waals surface area contributed by atoms with Crippen molar-refractivity contribution in [2.75, 3.05) is 20.1 Å². The summed E-state index contributed by atoms with van der Waals surface area (Å²) in [5.74, 6) is 0. The zero-order valence-corrected chi connectivity index (χ0v) is 11.2. The molecule has 1 atom stereocenters. The fourth-order valence-electron chi connectivity index (χ4n) is 2.08. The Labute approximate surface area is 109 Å². The third kappa shape index (κ3) is 3.81. The van der Waals surface area contributed by atoms with Crippen molar-refractivity contribution in [3.8, 4) is 0 Å². The molecule has 0 saturated heterocycles. The van der Waals surface area contributed by atoms with Crippen molar-refractivity contribution >= 4 is 5.71 Å². The molecule has 2 heterocycles. The number of hydrogen-bond acceptors (Lipinski definition) is 4. The number of hydrogen-bond donors (Lipinski definition) is 0. The summed E-state index contributed by atoms with van der Waals surface area (Å²) in [6.07, 6.45) is 5.02. The van der Waals surface area contributed by atoms with Gasteiger partial charge < -0.3 is 9.74 Å². The van der Waals surface area contributed by atoms with Gasteiger partial charge in [-0.3, -0.25) is 4.98 Å². The molecular formula is C14H21N3O. The number of rotatable bonds is 6. The Hall–Kier alpha value is -1.42. The van der Waals surface area contributed by atoms with Gasteiger partial charge in [-0.05, 0) is 25.6 Å². The van der Waals surface area contributed by atoms with E-state index in [2.05, 4.69) is 35.1 Å². The normalized spacial score (nSPS) is 18.8. The predicted octanol–water partition coefficient (Wildman–Crippen LogP) is 2.11. The average molecular weight is 247 g/mol. The predicted molar refractivity (Wildman–Crippen MR) is 72.7 cm³/mol. The first-order chi connectivity index (χ1) is 8.78. The lowest BCUT2D eigenvalue weighted by Crippen LogP contribution is -2.31. The van der Waals surface area contributed by atoms with Crippen LogP contribution < -0.4 is 0 Å². The van der Waals surface area contributed by atoms with Gasteiger partial charge in [0.1, 0.15) is 6.10 Å². The van der Waals surface area contributed by atoms with Gasteiger partial charge in [-0.25, -0.2) is 0 Å². The second-order valence-electron chi connectivity index (χ2n) is 4.78. The van der Waals surface area contributed by atoms with E-state index in [0.29, 0.717) is 0 Å². The Bertz CT molecular complexity index is 391. The van der Waals surface area contributed by atoms with Gasteiger partial charge in [0, 0.05) is 37.8 Å². The largest absolute Gasteiger partial charge is 0.391 e. The maximum Gasteiger partial charge on any atom is 0.145 e. The smallest absolute Gasteiger partial charge is 0.145 e. The van der Waals surface area contributed by atoms with E-state index < -0.39 is 0 Å². The SMILES string of the molecule is CCC1=NO[C@@H](CN(C)CCc2ccccn2)C1. The molecule has 0 radical (unpaired) electrons. The molecular weight excluding hydrogens is 226 g/mol. The van der Waals surface area contributed by atoms with Crippen LogP contribution in [0.25, 0.3) is 0 Å². The van der Waals surface area contributed by atoms with Crippen molar-refractivity contribution in [1.29, 1.82) is 0 Å². The van der Waals surface area contributed by atoms with Crippen LogP contribution in [0.4, 0.5) is 0 Å². The van der Waals surface area contributed by atoms with Crippen LogP contribution in [-0.4, -0.2) is 41.8 Å². The molecule has 0 aliphatic carbocycles. The van der Waals surface area contributed by atoms with Crippen LogP contribution in [0.2, 0.25) is 0 Å². The van der Waals surface area contributed by atoms with Crippen LogP contribution in [0.5, 0.6) is 0 Å². The van der Waals surface area contributed by atoms with E-state index in [9.17, 15) is 0 Å².